The lowest BCUT2D eigenvalue weighted by molar-refractivity contribution is 0.400. The predicted molar refractivity (Wildman–Crippen MR) is 60.8 cm³/mol. The minimum atomic E-state index is -0.172. The van der Waals surface area contributed by atoms with Crippen molar-refractivity contribution in [3.05, 3.63) is 34.6 Å². The molecule has 0 aliphatic carbocycles. The third kappa shape index (κ3) is 2.16. The van der Waals surface area contributed by atoms with Crippen molar-refractivity contribution < 1.29 is 4.39 Å². The number of likely N-dealkylation sites (tertiary alicyclic amines) is 1. The van der Waals surface area contributed by atoms with Gasteiger partial charge in [0.05, 0.1) is 0 Å². The van der Waals surface area contributed by atoms with Gasteiger partial charge in [0.1, 0.15) is 5.82 Å². The molecular weight excluding hydrogens is 213 g/mol. The molecule has 1 nitrogen and oxygen atoms in total. The van der Waals surface area contributed by atoms with Crippen LogP contribution in [0.1, 0.15) is 18.4 Å². The van der Waals surface area contributed by atoms with Gasteiger partial charge in [-0.1, -0.05) is 24.6 Å². The zero-order valence-corrected chi connectivity index (χ0v) is 9.76. The van der Waals surface area contributed by atoms with Crippen LogP contribution >= 0.6 is 11.6 Å². The standard InChI is InChI=1S/C12H15ClFN/c1-8-6-15(2)7-11(8)10-4-3-9(13)5-12(10)14/h3-5,8,11H,6-7H2,1-2H3/t8-,11-/m1/s1. The van der Waals surface area contributed by atoms with Crippen molar-refractivity contribution in [1.29, 1.82) is 0 Å². The fourth-order valence-electron chi connectivity index (χ4n) is 2.42. The summed E-state index contributed by atoms with van der Waals surface area (Å²) in [7, 11) is 2.07. The number of benzene rings is 1. The normalized spacial score (nSPS) is 27.2. The highest BCUT2D eigenvalue weighted by molar-refractivity contribution is 6.30. The lowest BCUT2D eigenvalue weighted by Crippen LogP contribution is -2.13. The molecule has 0 unspecified atom stereocenters. The van der Waals surface area contributed by atoms with Gasteiger partial charge in [-0.3, -0.25) is 0 Å². The lowest BCUT2D eigenvalue weighted by Gasteiger charge is -2.15. The molecule has 0 aromatic heterocycles. The van der Waals surface area contributed by atoms with E-state index in [1.807, 2.05) is 6.07 Å². The van der Waals surface area contributed by atoms with Crippen molar-refractivity contribution in [3.63, 3.8) is 0 Å². The quantitative estimate of drug-likeness (QED) is 0.713. The van der Waals surface area contributed by atoms with Gasteiger partial charge in [0.15, 0.2) is 0 Å². The molecule has 0 N–H and O–H groups in total. The first-order valence-corrected chi connectivity index (χ1v) is 5.59. The van der Waals surface area contributed by atoms with Crippen LogP contribution in [0.5, 0.6) is 0 Å². The molecule has 82 valence electrons. The molecule has 2 rings (SSSR count). The highest BCUT2D eigenvalue weighted by atomic mass is 35.5. The molecule has 2 atom stereocenters. The van der Waals surface area contributed by atoms with E-state index in [0.717, 1.165) is 18.7 Å². The average molecular weight is 228 g/mol. The molecule has 1 aliphatic rings. The molecule has 1 heterocycles. The van der Waals surface area contributed by atoms with Crippen molar-refractivity contribution in [3.8, 4) is 0 Å². The van der Waals surface area contributed by atoms with Gasteiger partial charge in [-0.25, -0.2) is 4.39 Å². The van der Waals surface area contributed by atoms with Gasteiger partial charge in [-0.2, -0.15) is 0 Å². The molecule has 0 saturated carbocycles. The topological polar surface area (TPSA) is 3.24 Å². The molecule has 1 aromatic rings. The summed E-state index contributed by atoms with van der Waals surface area (Å²) < 4.78 is 13.7. The van der Waals surface area contributed by atoms with E-state index in [2.05, 4.69) is 18.9 Å². The average Bonchev–Trinajstić information content (AvgIpc) is 2.45. The molecule has 0 amide bonds. The Balaban J connectivity index is 2.29. The second-order valence-corrected chi connectivity index (χ2v) is 4.91. The number of hydrogen-bond acceptors (Lipinski definition) is 1. The Labute approximate surface area is 94.8 Å². The summed E-state index contributed by atoms with van der Waals surface area (Å²) in [5.74, 6) is 0.632. The van der Waals surface area contributed by atoms with E-state index >= 15 is 0 Å². The zero-order valence-electron chi connectivity index (χ0n) is 9.00. The Morgan fingerprint density at radius 1 is 1.40 bits per heavy atom. The summed E-state index contributed by atoms with van der Waals surface area (Å²) in [5.41, 5.74) is 0.802. The monoisotopic (exact) mass is 227 g/mol. The van der Waals surface area contributed by atoms with Gasteiger partial charge in [0.25, 0.3) is 0 Å². The summed E-state index contributed by atoms with van der Waals surface area (Å²) in [4.78, 5) is 2.24. The molecule has 1 saturated heterocycles. The maximum atomic E-state index is 13.7. The van der Waals surface area contributed by atoms with Crippen molar-refractivity contribution in [2.24, 2.45) is 5.92 Å². The Morgan fingerprint density at radius 3 is 2.67 bits per heavy atom. The van der Waals surface area contributed by atoms with E-state index in [4.69, 9.17) is 11.6 Å². The van der Waals surface area contributed by atoms with E-state index in [-0.39, 0.29) is 5.82 Å². The van der Waals surface area contributed by atoms with Crippen molar-refractivity contribution in [1.82, 2.24) is 4.90 Å². The van der Waals surface area contributed by atoms with Crippen LogP contribution in [-0.4, -0.2) is 25.0 Å². The summed E-state index contributed by atoms with van der Waals surface area (Å²) in [5, 5.41) is 0.468. The molecular formula is C12H15ClFN. The van der Waals surface area contributed by atoms with Crippen LogP contribution in [0.3, 0.4) is 0 Å². The highest BCUT2D eigenvalue weighted by Gasteiger charge is 2.30. The maximum Gasteiger partial charge on any atom is 0.128 e. The van der Waals surface area contributed by atoms with Crippen molar-refractivity contribution in [2.75, 3.05) is 20.1 Å². The van der Waals surface area contributed by atoms with Crippen LogP contribution in [0.4, 0.5) is 4.39 Å². The number of rotatable bonds is 1. The van der Waals surface area contributed by atoms with Crippen LogP contribution in [0.2, 0.25) is 5.02 Å². The SMILES string of the molecule is C[C@@H]1CN(C)C[C@H]1c1ccc(Cl)cc1F. The summed E-state index contributed by atoms with van der Waals surface area (Å²) in [6, 6.07) is 4.99. The van der Waals surface area contributed by atoms with Crippen LogP contribution in [0.25, 0.3) is 0 Å². The first-order valence-electron chi connectivity index (χ1n) is 5.21. The minimum absolute atomic E-state index is 0.172. The van der Waals surface area contributed by atoms with Gasteiger partial charge in [-0.15, -0.1) is 0 Å². The lowest BCUT2D eigenvalue weighted by atomic mass is 9.90. The molecule has 1 fully saturated rings. The van der Waals surface area contributed by atoms with Crippen LogP contribution in [0, 0.1) is 11.7 Å². The van der Waals surface area contributed by atoms with Crippen LogP contribution in [-0.2, 0) is 0 Å². The third-order valence-electron chi connectivity index (χ3n) is 3.16. The van der Waals surface area contributed by atoms with Crippen molar-refractivity contribution >= 4 is 11.6 Å². The number of hydrogen-bond donors (Lipinski definition) is 0. The summed E-state index contributed by atoms with van der Waals surface area (Å²) >= 11 is 5.74. The number of halogens is 2. The predicted octanol–water partition coefficient (Wildman–Crippen LogP) is 3.14. The third-order valence-corrected chi connectivity index (χ3v) is 3.39. The molecule has 0 spiro atoms. The Kier molecular flexibility index (Phi) is 2.98. The fraction of sp³-hybridized carbons (Fsp3) is 0.500. The van der Waals surface area contributed by atoms with E-state index in [1.54, 1.807) is 6.07 Å². The van der Waals surface area contributed by atoms with E-state index < -0.39 is 0 Å². The van der Waals surface area contributed by atoms with Gasteiger partial charge >= 0.3 is 0 Å². The molecule has 15 heavy (non-hydrogen) atoms. The molecule has 1 aliphatic heterocycles. The first-order chi connectivity index (χ1) is 7.08. The van der Waals surface area contributed by atoms with Gasteiger partial charge in [0.2, 0.25) is 0 Å². The van der Waals surface area contributed by atoms with Gasteiger partial charge in [0, 0.05) is 24.0 Å². The van der Waals surface area contributed by atoms with Crippen LogP contribution < -0.4 is 0 Å². The molecule has 3 heteroatoms. The molecule has 0 radical (unpaired) electrons. The fourth-order valence-corrected chi connectivity index (χ4v) is 2.57. The Morgan fingerprint density at radius 2 is 2.13 bits per heavy atom. The van der Waals surface area contributed by atoms with Crippen LogP contribution in [0.15, 0.2) is 18.2 Å². The second kappa shape index (κ2) is 4.11. The Bertz CT molecular complexity index is 367. The second-order valence-electron chi connectivity index (χ2n) is 4.47. The van der Waals surface area contributed by atoms with E-state index in [9.17, 15) is 4.39 Å². The molecule has 0 bridgehead atoms. The maximum absolute atomic E-state index is 13.7. The van der Waals surface area contributed by atoms with E-state index in [0.29, 0.717) is 16.9 Å². The summed E-state index contributed by atoms with van der Waals surface area (Å²) in [6.45, 7) is 4.13. The number of nitrogens with zero attached hydrogens (tertiary/aromatic N) is 1. The number of likely N-dealkylation sites (N-methyl/N-ethyl adjacent to an activating group) is 1. The smallest absolute Gasteiger partial charge is 0.128 e. The first kappa shape index (κ1) is 10.9. The van der Waals surface area contributed by atoms with E-state index in [1.165, 1.54) is 6.07 Å². The highest BCUT2D eigenvalue weighted by Crippen LogP contribution is 2.33. The van der Waals surface area contributed by atoms with Gasteiger partial charge < -0.3 is 4.90 Å². The molecule has 1 aromatic carbocycles. The van der Waals surface area contributed by atoms with Gasteiger partial charge in [-0.05, 0) is 30.7 Å². The van der Waals surface area contributed by atoms with Crippen molar-refractivity contribution in [2.45, 2.75) is 12.8 Å². The summed E-state index contributed by atoms with van der Waals surface area (Å²) in [6.07, 6.45) is 0. The largest absolute Gasteiger partial charge is 0.305 e. The minimum Gasteiger partial charge on any atom is -0.305 e. The zero-order chi connectivity index (χ0) is 11.0. The Hall–Kier alpha value is -0.600.